The number of nitrogens with zero attached hydrogens (tertiary/aromatic N) is 6. The maximum absolute atomic E-state index is 12.8. The number of ether oxygens (including phenoxy) is 1. The second-order valence-electron chi connectivity index (χ2n) is 7.68. The lowest BCUT2D eigenvalue weighted by molar-refractivity contribution is -0.0498. The molecule has 1 saturated heterocycles. The first kappa shape index (κ1) is 21.5. The number of piperazine rings is 1. The average molecular weight is 446 g/mol. The van der Waals surface area contributed by atoms with E-state index in [1.165, 1.54) is 12.1 Å². The summed E-state index contributed by atoms with van der Waals surface area (Å²) in [5, 5.41) is 7.89. The van der Waals surface area contributed by atoms with Gasteiger partial charge >= 0.3 is 12.6 Å². The van der Waals surface area contributed by atoms with Gasteiger partial charge in [-0.2, -0.15) is 23.8 Å². The van der Waals surface area contributed by atoms with Gasteiger partial charge in [-0.1, -0.05) is 0 Å². The van der Waals surface area contributed by atoms with E-state index in [1.807, 2.05) is 6.92 Å². The fourth-order valence-corrected chi connectivity index (χ4v) is 3.85. The second kappa shape index (κ2) is 8.44. The molecule has 0 aliphatic carbocycles. The number of halogens is 2. The Balaban J connectivity index is 1.45. The zero-order valence-corrected chi connectivity index (χ0v) is 17.9. The molecule has 170 valence electrons. The summed E-state index contributed by atoms with van der Waals surface area (Å²) in [5.41, 5.74) is 7.71. The van der Waals surface area contributed by atoms with Gasteiger partial charge in [-0.25, -0.2) is 4.79 Å². The Morgan fingerprint density at radius 2 is 2.09 bits per heavy atom. The predicted octanol–water partition coefficient (Wildman–Crippen LogP) is 2.60. The molecule has 1 aromatic carbocycles. The fraction of sp³-hybridized carbons (Fsp3) is 0.400. The lowest BCUT2D eigenvalue weighted by atomic mass is 10.1. The van der Waals surface area contributed by atoms with E-state index in [1.54, 1.807) is 35.8 Å². The van der Waals surface area contributed by atoms with E-state index in [0.29, 0.717) is 42.4 Å². The number of hydrogen-bond donors (Lipinski definition) is 2. The molecule has 1 fully saturated rings. The van der Waals surface area contributed by atoms with E-state index in [2.05, 4.69) is 30.0 Å². The van der Waals surface area contributed by atoms with Crippen molar-refractivity contribution < 1.29 is 18.3 Å². The molecule has 2 aromatic heterocycles. The SMILES string of the molecule is Cc1cc(OC(F)F)ccc1NC(=O)N1CCN(c2nc(N)nc3c2cnn3C)[C@@H](C)C1. The van der Waals surface area contributed by atoms with Crippen molar-refractivity contribution in [2.24, 2.45) is 7.05 Å². The molecule has 0 unspecified atom stereocenters. The van der Waals surface area contributed by atoms with Crippen LogP contribution in [0.1, 0.15) is 12.5 Å². The molecule has 3 heterocycles. The second-order valence-corrected chi connectivity index (χ2v) is 7.68. The number of nitrogens with two attached hydrogens (primary N) is 1. The maximum Gasteiger partial charge on any atom is 0.387 e. The lowest BCUT2D eigenvalue weighted by Crippen LogP contribution is -2.55. The average Bonchev–Trinajstić information content (AvgIpc) is 3.09. The van der Waals surface area contributed by atoms with Gasteiger partial charge in [-0.3, -0.25) is 4.68 Å². The monoisotopic (exact) mass is 446 g/mol. The summed E-state index contributed by atoms with van der Waals surface area (Å²) in [7, 11) is 1.79. The number of carbonyl (C=O) groups is 1. The summed E-state index contributed by atoms with van der Waals surface area (Å²) in [6.07, 6.45) is 1.71. The summed E-state index contributed by atoms with van der Waals surface area (Å²) in [6, 6.07) is 4.11. The van der Waals surface area contributed by atoms with Crippen LogP contribution in [0.15, 0.2) is 24.4 Å². The number of anilines is 3. The number of amides is 2. The minimum atomic E-state index is -2.90. The Morgan fingerprint density at radius 3 is 2.78 bits per heavy atom. The minimum Gasteiger partial charge on any atom is -0.435 e. The van der Waals surface area contributed by atoms with Crippen LogP contribution in [-0.2, 0) is 7.05 Å². The summed E-state index contributed by atoms with van der Waals surface area (Å²) in [4.78, 5) is 25.3. The van der Waals surface area contributed by atoms with Gasteiger partial charge in [-0.15, -0.1) is 0 Å². The third-order valence-corrected chi connectivity index (χ3v) is 5.44. The van der Waals surface area contributed by atoms with E-state index in [-0.39, 0.29) is 23.8 Å². The van der Waals surface area contributed by atoms with Crippen molar-refractivity contribution in [1.82, 2.24) is 24.6 Å². The summed E-state index contributed by atoms with van der Waals surface area (Å²) >= 11 is 0. The van der Waals surface area contributed by atoms with E-state index in [9.17, 15) is 13.6 Å². The van der Waals surface area contributed by atoms with Crippen molar-refractivity contribution >= 4 is 34.5 Å². The van der Waals surface area contributed by atoms with Crippen LogP contribution in [0.2, 0.25) is 0 Å². The Labute approximate surface area is 183 Å². The van der Waals surface area contributed by atoms with E-state index < -0.39 is 6.61 Å². The molecular formula is C20H24F2N8O2. The molecule has 3 aromatic rings. The summed E-state index contributed by atoms with van der Waals surface area (Å²) < 4.78 is 30.8. The van der Waals surface area contributed by atoms with Gasteiger partial charge < -0.3 is 25.6 Å². The first-order valence-electron chi connectivity index (χ1n) is 10.1. The molecule has 32 heavy (non-hydrogen) atoms. The van der Waals surface area contributed by atoms with Crippen LogP contribution in [0.5, 0.6) is 5.75 Å². The van der Waals surface area contributed by atoms with Crippen molar-refractivity contribution in [3.63, 3.8) is 0 Å². The number of hydrogen-bond acceptors (Lipinski definition) is 7. The summed E-state index contributed by atoms with van der Waals surface area (Å²) in [5.74, 6) is 0.903. The van der Waals surface area contributed by atoms with Crippen LogP contribution >= 0.6 is 0 Å². The molecule has 3 N–H and O–H groups in total. The van der Waals surface area contributed by atoms with Crippen molar-refractivity contribution in [2.45, 2.75) is 26.5 Å². The number of aryl methyl sites for hydroxylation is 2. The highest BCUT2D eigenvalue weighted by atomic mass is 19.3. The van der Waals surface area contributed by atoms with Gasteiger partial charge in [-0.05, 0) is 37.6 Å². The topological polar surface area (TPSA) is 114 Å². The molecule has 4 rings (SSSR count). The highest BCUT2D eigenvalue weighted by Gasteiger charge is 2.29. The fourth-order valence-electron chi connectivity index (χ4n) is 3.85. The Bertz CT molecular complexity index is 1150. The molecular weight excluding hydrogens is 422 g/mol. The van der Waals surface area contributed by atoms with E-state index >= 15 is 0 Å². The van der Waals surface area contributed by atoms with Crippen LogP contribution in [0.4, 0.5) is 31.0 Å². The van der Waals surface area contributed by atoms with Crippen LogP contribution < -0.4 is 20.7 Å². The minimum absolute atomic E-state index is 0.0323. The molecule has 0 radical (unpaired) electrons. The molecule has 0 bridgehead atoms. The largest absolute Gasteiger partial charge is 0.435 e. The van der Waals surface area contributed by atoms with Crippen molar-refractivity contribution in [1.29, 1.82) is 0 Å². The van der Waals surface area contributed by atoms with Gasteiger partial charge in [0.2, 0.25) is 5.95 Å². The van der Waals surface area contributed by atoms with Gasteiger partial charge in [0, 0.05) is 38.4 Å². The van der Waals surface area contributed by atoms with Crippen LogP contribution in [-0.4, -0.2) is 63.0 Å². The van der Waals surface area contributed by atoms with Gasteiger partial charge in [0.1, 0.15) is 11.6 Å². The molecule has 10 nitrogen and oxygen atoms in total. The normalized spacial score (nSPS) is 16.6. The lowest BCUT2D eigenvalue weighted by Gasteiger charge is -2.40. The smallest absolute Gasteiger partial charge is 0.387 e. The zero-order chi connectivity index (χ0) is 23.0. The number of nitrogens with one attached hydrogen (secondary N) is 1. The third-order valence-electron chi connectivity index (χ3n) is 5.44. The Morgan fingerprint density at radius 1 is 1.31 bits per heavy atom. The van der Waals surface area contributed by atoms with E-state index in [4.69, 9.17) is 5.73 Å². The number of carbonyl (C=O) groups excluding carboxylic acids is 1. The van der Waals surface area contributed by atoms with Crippen molar-refractivity contribution in [2.75, 3.05) is 35.6 Å². The molecule has 2 amide bonds. The standard InChI is InChI=1S/C20H24F2N8O2/c1-11-8-13(32-18(21)22)4-5-15(11)25-20(31)29-6-7-30(12(2)10-29)17-14-9-24-28(3)16(14)26-19(23)27-17/h4-5,8-9,12,18H,6-7,10H2,1-3H3,(H,25,31)(H2,23,26,27)/t12-/m0/s1. The molecule has 0 saturated carbocycles. The van der Waals surface area contributed by atoms with Gasteiger partial charge in [0.15, 0.2) is 5.65 Å². The Kier molecular flexibility index (Phi) is 5.68. The molecule has 1 aliphatic rings. The third kappa shape index (κ3) is 4.20. The van der Waals surface area contributed by atoms with Crippen molar-refractivity contribution in [3.05, 3.63) is 30.0 Å². The predicted molar refractivity (Wildman–Crippen MR) is 116 cm³/mol. The van der Waals surface area contributed by atoms with Gasteiger partial charge in [0.05, 0.1) is 11.6 Å². The number of alkyl halides is 2. The summed E-state index contributed by atoms with van der Waals surface area (Å²) in [6.45, 7) is 2.30. The van der Waals surface area contributed by atoms with Crippen molar-refractivity contribution in [3.8, 4) is 5.75 Å². The number of rotatable bonds is 4. The molecule has 1 atom stereocenters. The number of nitrogen functional groups attached to an aromatic ring is 1. The van der Waals surface area contributed by atoms with E-state index in [0.717, 1.165) is 5.39 Å². The Hall–Kier alpha value is -3.70. The number of benzene rings is 1. The maximum atomic E-state index is 12.8. The zero-order valence-electron chi connectivity index (χ0n) is 17.9. The molecule has 12 heteroatoms. The molecule has 1 aliphatic heterocycles. The molecule has 0 spiro atoms. The quantitative estimate of drug-likeness (QED) is 0.633. The first-order valence-corrected chi connectivity index (χ1v) is 10.1. The highest BCUT2D eigenvalue weighted by Crippen LogP contribution is 2.28. The van der Waals surface area contributed by atoms with Crippen LogP contribution in [0.25, 0.3) is 11.0 Å². The van der Waals surface area contributed by atoms with Gasteiger partial charge in [0.25, 0.3) is 0 Å². The highest BCUT2D eigenvalue weighted by molar-refractivity contribution is 5.91. The van der Waals surface area contributed by atoms with Crippen LogP contribution in [0.3, 0.4) is 0 Å². The number of fused-ring (bicyclic) bond motifs is 1. The first-order chi connectivity index (χ1) is 15.2. The van der Waals surface area contributed by atoms with Crippen LogP contribution in [0, 0.1) is 6.92 Å². The number of urea groups is 1. The number of aromatic nitrogens is 4.